The summed E-state index contributed by atoms with van der Waals surface area (Å²) < 4.78 is 17.4. The number of ether oxygens (including phenoxy) is 1. The van der Waals surface area contributed by atoms with Crippen molar-refractivity contribution in [2.45, 2.75) is 12.6 Å². The summed E-state index contributed by atoms with van der Waals surface area (Å²) in [7, 11) is 1.28. The number of carbonyl (C=O) groups is 1. The second-order valence-electron chi connectivity index (χ2n) is 2.64. The molecule has 0 aromatic carbocycles. The van der Waals surface area contributed by atoms with Gasteiger partial charge in [-0.3, -0.25) is 4.79 Å². The molecule has 1 rings (SSSR count). The fraction of sp³-hybridized carbons (Fsp3) is 0.857. The van der Waals surface area contributed by atoms with Gasteiger partial charge >= 0.3 is 5.97 Å². The predicted molar refractivity (Wildman–Crippen MR) is 37.9 cm³/mol. The van der Waals surface area contributed by atoms with E-state index >= 15 is 0 Å². The molecule has 0 unspecified atom stereocenters. The van der Waals surface area contributed by atoms with E-state index in [1.54, 1.807) is 0 Å². The van der Waals surface area contributed by atoms with Crippen LogP contribution in [-0.2, 0) is 9.53 Å². The Bertz CT molecular complexity index is 151. The van der Waals surface area contributed by atoms with Crippen molar-refractivity contribution in [3.05, 3.63) is 0 Å². The zero-order chi connectivity index (χ0) is 8.27. The third-order valence-electron chi connectivity index (χ3n) is 1.90. The molecule has 0 radical (unpaired) electrons. The van der Waals surface area contributed by atoms with Crippen LogP contribution in [0.15, 0.2) is 0 Å². The van der Waals surface area contributed by atoms with Crippen molar-refractivity contribution >= 4 is 5.97 Å². The molecule has 1 saturated heterocycles. The van der Waals surface area contributed by atoms with Gasteiger partial charge in [-0.15, -0.1) is 0 Å². The van der Waals surface area contributed by atoms with Crippen molar-refractivity contribution in [2.24, 2.45) is 5.92 Å². The van der Waals surface area contributed by atoms with Crippen LogP contribution in [-0.4, -0.2) is 32.3 Å². The Morgan fingerprint density at radius 3 is 3.00 bits per heavy atom. The van der Waals surface area contributed by atoms with Crippen LogP contribution in [0, 0.1) is 5.92 Å². The van der Waals surface area contributed by atoms with E-state index in [-0.39, 0.29) is 0 Å². The molecule has 4 heteroatoms. The van der Waals surface area contributed by atoms with E-state index in [4.69, 9.17) is 0 Å². The Kier molecular flexibility index (Phi) is 2.82. The largest absolute Gasteiger partial charge is 0.469 e. The lowest BCUT2D eigenvalue weighted by Gasteiger charge is -2.24. The van der Waals surface area contributed by atoms with E-state index in [0.29, 0.717) is 19.5 Å². The van der Waals surface area contributed by atoms with E-state index in [0.717, 1.165) is 0 Å². The van der Waals surface area contributed by atoms with Crippen molar-refractivity contribution < 1.29 is 13.9 Å². The quantitative estimate of drug-likeness (QED) is 0.554. The van der Waals surface area contributed by atoms with E-state index in [9.17, 15) is 9.18 Å². The van der Waals surface area contributed by atoms with Gasteiger partial charge in [0, 0.05) is 6.54 Å². The number of hydrogen-bond acceptors (Lipinski definition) is 3. The lowest BCUT2D eigenvalue weighted by atomic mass is 9.98. The van der Waals surface area contributed by atoms with Gasteiger partial charge in [0.1, 0.15) is 12.1 Å². The van der Waals surface area contributed by atoms with Gasteiger partial charge in [-0.05, 0) is 13.0 Å². The maximum Gasteiger partial charge on any atom is 0.312 e. The molecule has 0 aromatic heterocycles. The average molecular weight is 161 g/mol. The summed E-state index contributed by atoms with van der Waals surface area (Å²) >= 11 is 0. The van der Waals surface area contributed by atoms with Gasteiger partial charge in [0.25, 0.3) is 0 Å². The first-order valence-electron chi connectivity index (χ1n) is 3.68. The van der Waals surface area contributed by atoms with Crippen LogP contribution < -0.4 is 5.32 Å². The smallest absolute Gasteiger partial charge is 0.312 e. The second-order valence-corrected chi connectivity index (χ2v) is 2.64. The minimum absolute atomic E-state index is 0.397. The first-order chi connectivity index (χ1) is 5.25. The highest BCUT2D eigenvalue weighted by molar-refractivity contribution is 5.73. The Morgan fingerprint density at radius 1 is 1.73 bits per heavy atom. The van der Waals surface area contributed by atoms with Crippen molar-refractivity contribution in [1.29, 1.82) is 0 Å². The van der Waals surface area contributed by atoms with Crippen LogP contribution in [0.3, 0.4) is 0 Å². The van der Waals surface area contributed by atoms with E-state index in [1.807, 2.05) is 0 Å². The standard InChI is InChI=1S/C7H12FNO2/c1-11-7(10)5-4-9-3-2-6(5)8/h5-6,9H,2-4H2,1H3/t5-,6+/m0/s1. The molecular weight excluding hydrogens is 149 g/mol. The van der Waals surface area contributed by atoms with Crippen molar-refractivity contribution in [3.63, 3.8) is 0 Å². The number of methoxy groups -OCH3 is 1. The summed E-state index contributed by atoms with van der Waals surface area (Å²) in [6.45, 7) is 1.04. The number of hydrogen-bond donors (Lipinski definition) is 1. The number of piperidine rings is 1. The van der Waals surface area contributed by atoms with E-state index < -0.39 is 18.1 Å². The first-order valence-corrected chi connectivity index (χ1v) is 3.68. The van der Waals surface area contributed by atoms with Gasteiger partial charge in [-0.25, -0.2) is 4.39 Å². The number of halogens is 1. The maximum atomic E-state index is 12.9. The maximum absolute atomic E-state index is 12.9. The van der Waals surface area contributed by atoms with Crippen LogP contribution >= 0.6 is 0 Å². The average Bonchev–Trinajstić information content (AvgIpc) is 2.04. The summed E-state index contributed by atoms with van der Waals surface area (Å²) in [6.07, 6.45) is -0.636. The van der Waals surface area contributed by atoms with Gasteiger partial charge in [0.05, 0.1) is 7.11 Å². The molecule has 2 atom stereocenters. The normalized spacial score (nSPS) is 31.5. The summed E-state index contributed by atoms with van der Waals surface area (Å²) in [4.78, 5) is 10.9. The summed E-state index contributed by atoms with van der Waals surface area (Å²) in [5.41, 5.74) is 0. The second kappa shape index (κ2) is 3.67. The zero-order valence-electron chi connectivity index (χ0n) is 6.47. The molecule has 1 N–H and O–H groups in total. The van der Waals surface area contributed by atoms with Gasteiger partial charge < -0.3 is 10.1 Å². The Morgan fingerprint density at radius 2 is 2.45 bits per heavy atom. The van der Waals surface area contributed by atoms with Gasteiger partial charge in [0.15, 0.2) is 0 Å². The number of esters is 1. The molecule has 11 heavy (non-hydrogen) atoms. The van der Waals surface area contributed by atoms with Crippen LogP contribution in [0.2, 0.25) is 0 Å². The van der Waals surface area contributed by atoms with Crippen molar-refractivity contribution in [3.8, 4) is 0 Å². The molecule has 1 aliphatic rings. The minimum atomic E-state index is -1.04. The SMILES string of the molecule is COC(=O)[C@H]1CNCC[C@H]1F. The lowest BCUT2D eigenvalue weighted by molar-refractivity contribution is -0.148. The molecule has 64 valence electrons. The molecule has 1 aliphatic heterocycles. The fourth-order valence-corrected chi connectivity index (χ4v) is 1.21. The number of rotatable bonds is 1. The Labute approximate surface area is 64.9 Å². The predicted octanol–water partition coefficient (Wildman–Crippen LogP) is 0.107. The highest BCUT2D eigenvalue weighted by atomic mass is 19.1. The van der Waals surface area contributed by atoms with Crippen molar-refractivity contribution in [1.82, 2.24) is 5.32 Å². The van der Waals surface area contributed by atoms with Gasteiger partial charge in [-0.2, -0.15) is 0 Å². The molecule has 0 aromatic rings. The molecule has 0 bridgehead atoms. The van der Waals surface area contributed by atoms with Crippen molar-refractivity contribution in [2.75, 3.05) is 20.2 Å². The molecule has 3 nitrogen and oxygen atoms in total. The number of nitrogens with one attached hydrogen (secondary N) is 1. The summed E-state index contributed by atoms with van der Waals surface area (Å²) in [5.74, 6) is -1.06. The third kappa shape index (κ3) is 1.89. The molecule has 1 fully saturated rings. The molecule has 0 amide bonds. The summed E-state index contributed by atoms with van der Waals surface area (Å²) in [6, 6.07) is 0. The first kappa shape index (κ1) is 8.46. The van der Waals surface area contributed by atoms with Gasteiger partial charge in [0.2, 0.25) is 0 Å². The van der Waals surface area contributed by atoms with Crippen LogP contribution in [0.4, 0.5) is 4.39 Å². The summed E-state index contributed by atoms with van der Waals surface area (Å²) in [5, 5.41) is 2.94. The third-order valence-corrected chi connectivity index (χ3v) is 1.90. The Balaban J connectivity index is 2.47. The molecule has 0 spiro atoms. The molecule has 0 saturated carbocycles. The lowest BCUT2D eigenvalue weighted by Crippen LogP contribution is -2.42. The van der Waals surface area contributed by atoms with Crippen LogP contribution in [0.25, 0.3) is 0 Å². The van der Waals surface area contributed by atoms with E-state index in [2.05, 4.69) is 10.1 Å². The number of alkyl halides is 1. The van der Waals surface area contributed by atoms with E-state index in [1.165, 1.54) is 7.11 Å². The van der Waals surface area contributed by atoms with Gasteiger partial charge in [-0.1, -0.05) is 0 Å². The monoisotopic (exact) mass is 161 g/mol. The zero-order valence-corrected chi connectivity index (χ0v) is 6.47. The number of carbonyl (C=O) groups excluding carboxylic acids is 1. The molecule has 1 heterocycles. The molecule has 0 aliphatic carbocycles. The minimum Gasteiger partial charge on any atom is -0.469 e. The van der Waals surface area contributed by atoms with Crippen LogP contribution in [0.1, 0.15) is 6.42 Å². The van der Waals surface area contributed by atoms with Crippen LogP contribution in [0.5, 0.6) is 0 Å². The topological polar surface area (TPSA) is 38.3 Å². The molecular formula is C7H12FNO2. The highest BCUT2D eigenvalue weighted by Gasteiger charge is 2.31. The Hall–Kier alpha value is -0.640. The fourth-order valence-electron chi connectivity index (χ4n) is 1.21. The highest BCUT2D eigenvalue weighted by Crippen LogP contribution is 2.15.